The summed E-state index contributed by atoms with van der Waals surface area (Å²) < 4.78 is 0. The van der Waals surface area contributed by atoms with E-state index in [1.807, 2.05) is 44.2 Å². The zero-order valence-corrected chi connectivity index (χ0v) is 16.3. The van der Waals surface area contributed by atoms with E-state index in [-0.39, 0.29) is 11.8 Å². The molecule has 2 aromatic carbocycles. The predicted molar refractivity (Wildman–Crippen MR) is 109 cm³/mol. The molecule has 27 heavy (non-hydrogen) atoms. The Bertz CT molecular complexity index is 989. The number of carbonyl (C=O) groups is 2. The van der Waals surface area contributed by atoms with Crippen molar-refractivity contribution in [1.82, 2.24) is 15.8 Å². The fourth-order valence-corrected chi connectivity index (χ4v) is 3.62. The van der Waals surface area contributed by atoms with Crippen LogP contribution in [0.1, 0.15) is 28.4 Å². The van der Waals surface area contributed by atoms with Crippen molar-refractivity contribution in [3.63, 3.8) is 0 Å². The lowest BCUT2D eigenvalue weighted by molar-refractivity contribution is -0.121. The van der Waals surface area contributed by atoms with Gasteiger partial charge >= 0.3 is 0 Å². The standard InChI is InChI=1S/C21H21N3O2S/c1-13-8-7-11-17-14(2)12-18(22-19(13)17)27-15(3)20(25)23-24-21(26)16-9-5-4-6-10-16/h4-12,15H,1-3H3,(H,23,25)(H,24,26)/t15-/m0/s1. The molecule has 0 aliphatic carbocycles. The second-order valence-corrected chi connectivity index (χ2v) is 7.68. The Labute approximate surface area is 162 Å². The van der Waals surface area contributed by atoms with Crippen LogP contribution in [0.4, 0.5) is 0 Å². The number of hydrazine groups is 1. The molecule has 0 fully saturated rings. The largest absolute Gasteiger partial charge is 0.272 e. The van der Waals surface area contributed by atoms with Crippen molar-refractivity contribution in [3.8, 4) is 0 Å². The second kappa shape index (κ2) is 8.22. The average Bonchev–Trinajstić information content (AvgIpc) is 2.67. The number of thioether (sulfide) groups is 1. The minimum atomic E-state index is -0.408. The number of fused-ring (bicyclic) bond motifs is 1. The summed E-state index contributed by atoms with van der Waals surface area (Å²) in [4.78, 5) is 29.0. The van der Waals surface area contributed by atoms with E-state index in [0.717, 1.165) is 27.1 Å². The molecule has 6 heteroatoms. The molecule has 0 bridgehead atoms. The minimum absolute atomic E-state index is 0.284. The molecule has 3 rings (SSSR count). The second-order valence-electron chi connectivity index (χ2n) is 6.32. The monoisotopic (exact) mass is 379 g/mol. The van der Waals surface area contributed by atoms with Crippen LogP contribution in [-0.2, 0) is 4.79 Å². The fourth-order valence-electron chi connectivity index (χ4n) is 2.71. The van der Waals surface area contributed by atoms with Gasteiger partial charge in [0.2, 0.25) is 0 Å². The Kier molecular flexibility index (Phi) is 5.76. The molecule has 0 saturated carbocycles. The van der Waals surface area contributed by atoms with E-state index < -0.39 is 5.25 Å². The Hall–Kier alpha value is -2.86. The molecule has 0 saturated heterocycles. The lowest BCUT2D eigenvalue weighted by atomic mass is 10.1. The Morgan fingerprint density at radius 1 is 0.963 bits per heavy atom. The van der Waals surface area contributed by atoms with Crippen LogP contribution in [0.15, 0.2) is 59.6 Å². The molecule has 138 valence electrons. The van der Waals surface area contributed by atoms with Crippen molar-refractivity contribution in [2.24, 2.45) is 0 Å². The summed E-state index contributed by atoms with van der Waals surface area (Å²) in [5.74, 6) is -0.634. The van der Waals surface area contributed by atoms with E-state index in [0.29, 0.717) is 5.56 Å². The van der Waals surface area contributed by atoms with E-state index in [1.165, 1.54) is 11.8 Å². The van der Waals surface area contributed by atoms with E-state index in [2.05, 4.69) is 10.9 Å². The summed E-state index contributed by atoms with van der Waals surface area (Å²) in [5.41, 5.74) is 8.58. The minimum Gasteiger partial charge on any atom is -0.272 e. The lowest BCUT2D eigenvalue weighted by Crippen LogP contribution is -2.44. The molecule has 0 radical (unpaired) electrons. The number of aromatic nitrogens is 1. The van der Waals surface area contributed by atoms with Gasteiger partial charge in [0.25, 0.3) is 11.8 Å². The van der Waals surface area contributed by atoms with Gasteiger partial charge < -0.3 is 0 Å². The number of rotatable bonds is 4. The fraction of sp³-hybridized carbons (Fsp3) is 0.190. The Balaban J connectivity index is 1.65. The summed E-state index contributed by atoms with van der Waals surface area (Å²) in [6, 6.07) is 16.8. The Morgan fingerprint density at radius 3 is 2.44 bits per heavy atom. The van der Waals surface area contributed by atoms with Crippen molar-refractivity contribution < 1.29 is 9.59 Å². The van der Waals surface area contributed by atoms with Gasteiger partial charge in [0, 0.05) is 10.9 Å². The topological polar surface area (TPSA) is 71.1 Å². The smallest absolute Gasteiger partial charge is 0.269 e. The highest BCUT2D eigenvalue weighted by molar-refractivity contribution is 8.00. The van der Waals surface area contributed by atoms with Gasteiger partial charge in [-0.15, -0.1) is 0 Å². The van der Waals surface area contributed by atoms with E-state index in [4.69, 9.17) is 4.98 Å². The van der Waals surface area contributed by atoms with Crippen molar-refractivity contribution in [1.29, 1.82) is 0 Å². The maximum atomic E-state index is 12.3. The quantitative estimate of drug-likeness (QED) is 0.534. The maximum absolute atomic E-state index is 12.3. The van der Waals surface area contributed by atoms with Crippen LogP contribution in [-0.4, -0.2) is 22.0 Å². The number of benzene rings is 2. The normalized spacial score (nSPS) is 11.8. The van der Waals surface area contributed by atoms with Crippen LogP contribution >= 0.6 is 11.8 Å². The summed E-state index contributed by atoms with van der Waals surface area (Å²) in [6.45, 7) is 5.85. The van der Waals surface area contributed by atoms with Gasteiger partial charge in [-0.2, -0.15) is 0 Å². The van der Waals surface area contributed by atoms with Gasteiger partial charge in [-0.1, -0.05) is 48.2 Å². The van der Waals surface area contributed by atoms with Crippen LogP contribution in [0.2, 0.25) is 0 Å². The van der Waals surface area contributed by atoms with Crippen LogP contribution in [0.3, 0.4) is 0 Å². The molecular formula is C21H21N3O2S. The molecule has 2 amide bonds. The maximum Gasteiger partial charge on any atom is 0.269 e. The first-order valence-electron chi connectivity index (χ1n) is 8.64. The molecule has 1 aromatic heterocycles. The van der Waals surface area contributed by atoms with Gasteiger partial charge in [-0.25, -0.2) is 4.98 Å². The third kappa shape index (κ3) is 4.46. The molecule has 1 atom stereocenters. The SMILES string of the molecule is Cc1cc(S[C@@H](C)C(=O)NNC(=O)c2ccccc2)nc2c(C)cccc12. The molecule has 1 heterocycles. The zero-order chi connectivity index (χ0) is 19.4. The first-order chi connectivity index (χ1) is 13.0. The molecule has 0 aliphatic rings. The molecule has 3 aromatic rings. The number of nitrogens with one attached hydrogen (secondary N) is 2. The predicted octanol–water partition coefficient (Wildman–Crippen LogP) is 3.79. The summed E-state index contributed by atoms with van der Waals surface area (Å²) in [5, 5.41) is 1.49. The number of amides is 2. The molecule has 2 N–H and O–H groups in total. The van der Waals surface area contributed by atoms with E-state index in [9.17, 15) is 9.59 Å². The van der Waals surface area contributed by atoms with Crippen molar-refractivity contribution >= 4 is 34.5 Å². The van der Waals surface area contributed by atoms with Crippen LogP contribution in [0.5, 0.6) is 0 Å². The van der Waals surface area contributed by atoms with E-state index >= 15 is 0 Å². The highest BCUT2D eigenvalue weighted by Crippen LogP contribution is 2.28. The number of nitrogens with zero attached hydrogens (tertiary/aromatic N) is 1. The van der Waals surface area contributed by atoms with Gasteiger partial charge in [0.05, 0.1) is 15.8 Å². The molecule has 0 unspecified atom stereocenters. The summed E-state index contributed by atoms with van der Waals surface area (Å²) >= 11 is 1.36. The van der Waals surface area contributed by atoms with Crippen LogP contribution in [0, 0.1) is 13.8 Å². The van der Waals surface area contributed by atoms with Gasteiger partial charge in [0.15, 0.2) is 0 Å². The van der Waals surface area contributed by atoms with Gasteiger partial charge in [-0.05, 0) is 50.1 Å². The third-order valence-electron chi connectivity index (χ3n) is 4.23. The molecular weight excluding hydrogens is 358 g/mol. The van der Waals surface area contributed by atoms with Crippen LogP contribution in [0.25, 0.3) is 10.9 Å². The highest BCUT2D eigenvalue weighted by Gasteiger charge is 2.17. The van der Waals surface area contributed by atoms with Gasteiger partial charge in [0.1, 0.15) is 0 Å². The van der Waals surface area contributed by atoms with Crippen molar-refractivity contribution in [3.05, 3.63) is 71.3 Å². The summed E-state index contributed by atoms with van der Waals surface area (Å²) in [6.07, 6.45) is 0. The van der Waals surface area contributed by atoms with Crippen LogP contribution < -0.4 is 10.9 Å². The number of hydrogen-bond donors (Lipinski definition) is 2. The number of hydrogen-bond acceptors (Lipinski definition) is 4. The van der Waals surface area contributed by atoms with E-state index in [1.54, 1.807) is 31.2 Å². The Morgan fingerprint density at radius 2 is 1.70 bits per heavy atom. The van der Waals surface area contributed by atoms with Gasteiger partial charge in [-0.3, -0.25) is 20.4 Å². The summed E-state index contributed by atoms with van der Waals surface area (Å²) in [7, 11) is 0. The lowest BCUT2D eigenvalue weighted by Gasteiger charge is -2.14. The van der Waals surface area contributed by atoms with Crippen molar-refractivity contribution in [2.45, 2.75) is 31.0 Å². The molecule has 5 nitrogen and oxygen atoms in total. The highest BCUT2D eigenvalue weighted by atomic mass is 32.2. The number of para-hydroxylation sites is 1. The zero-order valence-electron chi connectivity index (χ0n) is 15.4. The number of aryl methyl sites for hydroxylation is 2. The molecule has 0 spiro atoms. The molecule has 0 aliphatic heterocycles. The number of pyridine rings is 1. The first kappa shape index (κ1) is 18.9. The number of carbonyl (C=O) groups excluding carboxylic acids is 2. The van der Waals surface area contributed by atoms with Crippen molar-refractivity contribution in [2.75, 3.05) is 0 Å². The average molecular weight is 379 g/mol. The first-order valence-corrected chi connectivity index (χ1v) is 9.52. The third-order valence-corrected chi connectivity index (χ3v) is 5.24.